The number of hydrogen-bond acceptors (Lipinski definition) is 5. The van der Waals surface area contributed by atoms with Gasteiger partial charge in [-0.25, -0.2) is 4.39 Å². The molecule has 0 saturated heterocycles. The predicted molar refractivity (Wildman–Crippen MR) is 150 cm³/mol. The molecule has 0 saturated carbocycles. The van der Waals surface area contributed by atoms with E-state index < -0.39 is 23.5 Å². The highest BCUT2D eigenvalue weighted by Gasteiger charge is 2.31. The Hall–Kier alpha value is -4.41. The normalized spacial score (nSPS) is 11.5. The molecule has 0 spiro atoms. The summed E-state index contributed by atoms with van der Waals surface area (Å²) in [5.74, 6) is -1.43. The van der Waals surface area contributed by atoms with E-state index >= 15 is 0 Å². The number of esters is 1. The molecule has 0 aliphatic heterocycles. The molecule has 0 unspecified atom stereocenters. The van der Waals surface area contributed by atoms with Gasteiger partial charge < -0.3 is 14.8 Å². The molecule has 0 fully saturated rings. The largest absolute Gasteiger partial charge is 0.487 e. The third kappa shape index (κ3) is 9.90. The van der Waals surface area contributed by atoms with Gasteiger partial charge in [-0.1, -0.05) is 18.7 Å². The zero-order valence-electron chi connectivity index (χ0n) is 23.5. The molecule has 1 amide bonds. The van der Waals surface area contributed by atoms with E-state index in [-0.39, 0.29) is 30.4 Å². The maximum Gasteiger partial charge on any atom is 0.416 e. The van der Waals surface area contributed by atoms with Crippen LogP contribution in [0.1, 0.15) is 47.7 Å². The Morgan fingerprint density at radius 1 is 1.10 bits per heavy atom. The van der Waals surface area contributed by atoms with Crippen LogP contribution in [0.5, 0.6) is 5.75 Å². The van der Waals surface area contributed by atoms with Gasteiger partial charge >= 0.3 is 12.1 Å². The average molecular weight is 588 g/mol. The van der Waals surface area contributed by atoms with Crippen molar-refractivity contribution >= 4 is 18.0 Å². The number of amides is 1. The first-order valence-corrected chi connectivity index (χ1v) is 13.4. The minimum atomic E-state index is -4.66. The molecular weight excluding hydrogens is 554 g/mol. The Balaban J connectivity index is 1.41. The second-order valence-corrected chi connectivity index (χ2v) is 9.53. The van der Waals surface area contributed by atoms with Crippen LogP contribution in [0.4, 0.5) is 17.6 Å². The summed E-state index contributed by atoms with van der Waals surface area (Å²) in [6.07, 6.45) is 2.64. The third-order valence-corrected chi connectivity index (χ3v) is 6.29. The van der Waals surface area contributed by atoms with Crippen molar-refractivity contribution in [1.82, 2.24) is 15.1 Å². The molecule has 1 N–H and O–H groups in total. The molecule has 0 atom stereocenters. The van der Waals surface area contributed by atoms with Crippen molar-refractivity contribution in [3.05, 3.63) is 101 Å². The Kier molecular flexibility index (Phi) is 11.5. The first kappa shape index (κ1) is 32.1. The fourth-order valence-corrected chi connectivity index (χ4v) is 4.13. The zero-order chi connectivity index (χ0) is 30.7. The monoisotopic (exact) mass is 587 g/mol. The number of nitrogens with zero attached hydrogens (tertiary/aromatic N) is 2. The van der Waals surface area contributed by atoms with E-state index in [2.05, 4.69) is 17.0 Å². The van der Waals surface area contributed by atoms with E-state index in [1.807, 2.05) is 31.2 Å². The van der Waals surface area contributed by atoms with Crippen molar-refractivity contribution in [2.45, 2.75) is 52.3 Å². The number of ether oxygens (including phenoxy) is 2. The van der Waals surface area contributed by atoms with E-state index in [0.717, 1.165) is 61.2 Å². The lowest BCUT2D eigenvalue weighted by Gasteiger charge is -2.12. The number of carbonyl (C=O) groups excluding carboxylic acids is 2. The Morgan fingerprint density at radius 2 is 1.86 bits per heavy atom. The van der Waals surface area contributed by atoms with Gasteiger partial charge in [0.05, 0.1) is 12.2 Å². The Bertz CT molecular complexity index is 1430. The summed E-state index contributed by atoms with van der Waals surface area (Å²) >= 11 is 0. The minimum Gasteiger partial charge on any atom is -0.487 e. The van der Waals surface area contributed by atoms with Crippen LogP contribution in [0, 0.1) is 12.7 Å². The van der Waals surface area contributed by atoms with Crippen molar-refractivity contribution in [2.75, 3.05) is 13.2 Å². The second-order valence-electron chi connectivity index (χ2n) is 9.53. The molecule has 2 aromatic carbocycles. The zero-order valence-corrected chi connectivity index (χ0v) is 23.5. The Labute approximate surface area is 241 Å². The number of aryl methyl sites for hydroxylation is 3. The first-order chi connectivity index (χ1) is 20.0. The van der Waals surface area contributed by atoms with E-state index in [1.165, 1.54) is 5.56 Å². The predicted octanol–water partition coefficient (Wildman–Crippen LogP) is 6.20. The highest BCUT2D eigenvalue weighted by Crippen LogP contribution is 2.30. The van der Waals surface area contributed by atoms with Gasteiger partial charge in [0.2, 0.25) is 5.91 Å². The molecule has 42 heavy (non-hydrogen) atoms. The number of halogens is 4. The molecule has 1 aromatic heterocycles. The molecule has 7 nitrogen and oxygen atoms in total. The van der Waals surface area contributed by atoms with Crippen LogP contribution in [0.15, 0.2) is 67.0 Å². The van der Waals surface area contributed by atoms with Gasteiger partial charge in [0, 0.05) is 29.2 Å². The van der Waals surface area contributed by atoms with Crippen LogP contribution in [-0.2, 0) is 39.9 Å². The molecule has 0 aliphatic rings. The van der Waals surface area contributed by atoms with Crippen LogP contribution in [0.25, 0.3) is 6.08 Å². The molecule has 0 aliphatic carbocycles. The van der Waals surface area contributed by atoms with E-state index in [0.29, 0.717) is 18.4 Å². The minimum absolute atomic E-state index is 0.00745. The number of carbonyl (C=O) groups is 2. The molecule has 1 heterocycles. The fourth-order valence-electron chi connectivity index (χ4n) is 4.13. The van der Waals surface area contributed by atoms with Gasteiger partial charge in [0.25, 0.3) is 0 Å². The summed E-state index contributed by atoms with van der Waals surface area (Å²) in [5.41, 5.74) is 2.20. The third-order valence-electron chi connectivity index (χ3n) is 6.29. The van der Waals surface area contributed by atoms with Crippen molar-refractivity contribution in [2.24, 2.45) is 0 Å². The number of hydrogen-bond donors (Lipinski definition) is 1. The number of nitrogens with one attached hydrogen (secondary N) is 1. The highest BCUT2D eigenvalue weighted by molar-refractivity contribution is 5.92. The highest BCUT2D eigenvalue weighted by atomic mass is 19.4. The van der Waals surface area contributed by atoms with Gasteiger partial charge in [0.15, 0.2) is 0 Å². The summed E-state index contributed by atoms with van der Waals surface area (Å²) in [6, 6.07) is 9.69. The van der Waals surface area contributed by atoms with Crippen molar-refractivity contribution in [3.8, 4) is 5.75 Å². The molecular formula is C31H33F4N3O4. The lowest BCUT2D eigenvalue weighted by atomic mass is 10.0. The van der Waals surface area contributed by atoms with Crippen LogP contribution >= 0.6 is 0 Å². The summed E-state index contributed by atoms with van der Waals surface area (Å²) in [4.78, 5) is 23.9. The van der Waals surface area contributed by atoms with Gasteiger partial charge in [-0.2, -0.15) is 18.3 Å². The molecule has 11 heteroatoms. The van der Waals surface area contributed by atoms with E-state index in [4.69, 9.17) is 9.47 Å². The molecule has 0 radical (unpaired) electrons. The van der Waals surface area contributed by atoms with Gasteiger partial charge in [-0.05, 0) is 87.1 Å². The Morgan fingerprint density at radius 3 is 2.55 bits per heavy atom. The SMILES string of the molecule is C=C(COc1ccc(CCCCc2ccnn2CC(=O)OCC)c(C)c1)NC(=O)/C=C/c1ccc(C(F)(F)F)cc1F. The quantitative estimate of drug-likeness (QED) is 0.105. The van der Waals surface area contributed by atoms with Gasteiger partial charge in [-0.3, -0.25) is 14.3 Å². The van der Waals surface area contributed by atoms with E-state index in [1.54, 1.807) is 17.8 Å². The maximum absolute atomic E-state index is 13.9. The second kappa shape index (κ2) is 15.0. The van der Waals surface area contributed by atoms with Crippen LogP contribution < -0.4 is 10.1 Å². The van der Waals surface area contributed by atoms with Crippen LogP contribution in [0.2, 0.25) is 0 Å². The lowest BCUT2D eigenvalue weighted by molar-refractivity contribution is -0.144. The van der Waals surface area contributed by atoms with Gasteiger partial charge in [-0.15, -0.1) is 0 Å². The molecule has 3 aromatic rings. The smallest absolute Gasteiger partial charge is 0.416 e. The number of rotatable bonds is 14. The lowest BCUT2D eigenvalue weighted by Crippen LogP contribution is -2.23. The number of benzene rings is 2. The maximum atomic E-state index is 13.9. The molecule has 3 rings (SSSR count). The number of unbranched alkanes of at least 4 members (excludes halogenated alkanes) is 1. The standard InChI is InChI=1S/C31H33F4N3O4/c1-4-41-30(40)19-38-26(15-16-36-38)8-6-5-7-23-10-13-27(17-21(23)2)42-20-22(3)37-29(39)14-11-24-9-12-25(18-28(24)32)31(33,34)35/h9-18H,3-8,19-20H2,1-2H3,(H,37,39)/b14-11+. The van der Waals surface area contributed by atoms with Crippen LogP contribution in [-0.4, -0.2) is 34.9 Å². The molecule has 0 bridgehead atoms. The number of aromatic nitrogens is 2. The molecule has 224 valence electrons. The fraction of sp³-hybridized carbons (Fsp3) is 0.323. The van der Waals surface area contributed by atoms with Crippen molar-refractivity contribution < 1.29 is 36.6 Å². The summed E-state index contributed by atoms with van der Waals surface area (Å²) in [7, 11) is 0. The first-order valence-electron chi connectivity index (χ1n) is 13.4. The summed E-state index contributed by atoms with van der Waals surface area (Å²) in [5, 5.41) is 6.69. The van der Waals surface area contributed by atoms with Gasteiger partial charge in [0.1, 0.15) is 24.7 Å². The van der Waals surface area contributed by atoms with Crippen molar-refractivity contribution in [1.29, 1.82) is 0 Å². The number of alkyl halides is 3. The summed E-state index contributed by atoms with van der Waals surface area (Å²) < 4.78 is 64.3. The summed E-state index contributed by atoms with van der Waals surface area (Å²) in [6.45, 7) is 7.92. The van der Waals surface area contributed by atoms with Crippen molar-refractivity contribution in [3.63, 3.8) is 0 Å². The van der Waals surface area contributed by atoms with E-state index in [9.17, 15) is 27.2 Å². The average Bonchev–Trinajstić information content (AvgIpc) is 3.36. The van der Waals surface area contributed by atoms with Crippen LogP contribution in [0.3, 0.4) is 0 Å². The topological polar surface area (TPSA) is 82.5 Å².